The molecule has 0 aromatic carbocycles. The topological polar surface area (TPSA) is 68.2 Å². The second-order valence-electron chi connectivity index (χ2n) is 4.10. The second kappa shape index (κ2) is 14.9. The molecule has 0 aromatic rings. The van der Waals surface area contributed by atoms with Crippen LogP contribution in [0.5, 0.6) is 0 Å². The van der Waals surface area contributed by atoms with Crippen LogP contribution in [0.25, 0.3) is 0 Å². The minimum absolute atomic E-state index is 0.237. The lowest BCUT2D eigenvalue weighted by atomic mass is 10.3. The van der Waals surface area contributed by atoms with Crippen LogP contribution in [-0.4, -0.2) is 56.1 Å². The van der Waals surface area contributed by atoms with E-state index in [0.717, 1.165) is 25.7 Å². The minimum atomic E-state index is -0.641. The smallest absolute Gasteiger partial charge is 0.154 e. The van der Waals surface area contributed by atoms with Crippen molar-refractivity contribution >= 4 is 0 Å². The molecule has 0 aliphatic heterocycles. The molecular formula is C13H28O5. The molecule has 0 aliphatic carbocycles. The maximum Gasteiger partial charge on any atom is 0.154 e. The zero-order valence-electron chi connectivity index (χ0n) is 11.5. The van der Waals surface area contributed by atoms with Gasteiger partial charge in [-0.15, -0.1) is 0 Å². The van der Waals surface area contributed by atoms with Crippen molar-refractivity contribution in [3.05, 3.63) is 0 Å². The Bertz CT molecular complexity index is 154. The maximum atomic E-state index is 9.12. The second-order valence-corrected chi connectivity index (χ2v) is 4.10. The van der Waals surface area contributed by atoms with Crippen LogP contribution in [0.15, 0.2) is 0 Å². The molecule has 0 aliphatic rings. The van der Waals surface area contributed by atoms with Crippen molar-refractivity contribution < 1.29 is 24.4 Å². The summed E-state index contributed by atoms with van der Waals surface area (Å²) < 4.78 is 15.9. The third-order valence-corrected chi connectivity index (χ3v) is 2.37. The van der Waals surface area contributed by atoms with E-state index in [1.165, 1.54) is 0 Å². The molecule has 0 saturated carbocycles. The molecule has 110 valence electrons. The summed E-state index contributed by atoms with van der Waals surface area (Å²) in [6.45, 7) is 5.41. The normalized spacial score (nSPS) is 12.8. The summed E-state index contributed by atoms with van der Waals surface area (Å²) in [7, 11) is 0. The van der Waals surface area contributed by atoms with E-state index in [4.69, 9.17) is 24.4 Å². The number of aliphatic hydroxyl groups excluding tert-OH is 2. The monoisotopic (exact) mass is 264 g/mol. The van der Waals surface area contributed by atoms with Crippen molar-refractivity contribution in [3.8, 4) is 0 Å². The van der Waals surface area contributed by atoms with Crippen molar-refractivity contribution in [2.45, 2.75) is 45.3 Å². The van der Waals surface area contributed by atoms with Crippen LogP contribution >= 0.6 is 0 Å². The number of ether oxygens (including phenoxy) is 3. The summed E-state index contributed by atoms with van der Waals surface area (Å²) in [6.07, 6.45) is 3.38. The number of hydrogen-bond acceptors (Lipinski definition) is 5. The molecule has 0 spiro atoms. The van der Waals surface area contributed by atoms with E-state index in [2.05, 4.69) is 0 Å². The van der Waals surface area contributed by atoms with Gasteiger partial charge in [0.05, 0.1) is 6.61 Å². The van der Waals surface area contributed by atoms with Crippen LogP contribution in [0.1, 0.15) is 39.0 Å². The van der Waals surface area contributed by atoms with Gasteiger partial charge in [-0.25, -0.2) is 0 Å². The summed E-state index contributed by atoms with van der Waals surface area (Å²) in [6, 6.07) is 0. The van der Waals surface area contributed by atoms with Gasteiger partial charge in [0, 0.05) is 33.0 Å². The molecule has 2 N–H and O–H groups in total. The van der Waals surface area contributed by atoms with Crippen LogP contribution in [0, 0.1) is 0 Å². The van der Waals surface area contributed by atoms with Crippen molar-refractivity contribution in [1.82, 2.24) is 0 Å². The SMILES string of the molecule is CCC(O)OCCCOCCCOCCCCO. The van der Waals surface area contributed by atoms with E-state index in [0.29, 0.717) is 39.5 Å². The molecule has 0 rings (SSSR count). The van der Waals surface area contributed by atoms with Gasteiger partial charge in [-0.3, -0.25) is 0 Å². The quantitative estimate of drug-likeness (QED) is 0.366. The van der Waals surface area contributed by atoms with Crippen LogP contribution in [-0.2, 0) is 14.2 Å². The Morgan fingerprint density at radius 1 is 0.833 bits per heavy atom. The molecule has 0 fully saturated rings. The first-order valence-electron chi connectivity index (χ1n) is 6.87. The fourth-order valence-corrected chi connectivity index (χ4v) is 1.28. The average Bonchev–Trinajstić information content (AvgIpc) is 2.39. The molecule has 1 atom stereocenters. The Morgan fingerprint density at radius 3 is 1.94 bits per heavy atom. The molecule has 0 aromatic heterocycles. The molecule has 0 bridgehead atoms. The Morgan fingerprint density at radius 2 is 1.39 bits per heavy atom. The van der Waals surface area contributed by atoms with Crippen LogP contribution < -0.4 is 0 Å². The molecule has 5 nitrogen and oxygen atoms in total. The fraction of sp³-hybridized carbons (Fsp3) is 1.00. The van der Waals surface area contributed by atoms with Crippen LogP contribution in [0.2, 0.25) is 0 Å². The fourth-order valence-electron chi connectivity index (χ4n) is 1.28. The van der Waals surface area contributed by atoms with E-state index in [1.54, 1.807) is 0 Å². The van der Waals surface area contributed by atoms with Crippen LogP contribution in [0.4, 0.5) is 0 Å². The average molecular weight is 264 g/mol. The first-order valence-corrected chi connectivity index (χ1v) is 6.87. The number of unbranched alkanes of at least 4 members (excludes halogenated alkanes) is 1. The summed E-state index contributed by atoms with van der Waals surface area (Å²) in [5.74, 6) is 0. The molecule has 0 amide bonds. The van der Waals surface area contributed by atoms with E-state index in [9.17, 15) is 0 Å². The molecule has 5 heteroatoms. The van der Waals surface area contributed by atoms with E-state index >= 15 is 0 Å². The highest BCUT2D eigenvalue weighted by Gasteiger charge is 1.98. The van der Waals surface area contributed by atoms with E-state index in [-0.39, 0.29) is 6.61 Å². The van der Waals surface area contributed by atoms with Gasteiger partial charge >= 0.3 is 0 Å². The number of hydrogen-bond donors (Lipinski definition) is 2. The van der Waals surface area contributed by atoms with Gasteiger partial charge in [-0.05, 0) is 32.1 Å². The van der Waals surface area contributed by atoms with Gasteiger partial charge in [0.15, 0.2) is 6.29 Å². The molecule has 1 unspecified atom stereocenters. The standard InChI is InChI=1S/C13H28O5/c1-2-13(15)18-12-6-11-17-10-5-9-16-8-4-3-7-14/h13-15H,2-12H2,1H3. The Kier molecular flexibility index (Phi) is 14.7. The number of aliphatic hydroxyl groups is 2. The Hall–Kier alpha value is -0.200. The van der Waals surface area contributed by atoms with Crippen molar-refractivity contribution in [2.24, 2.45) is 0 Å². The maximum absolute atomic E-state index is 9.12. The predicted molar refractivity (Wildman–Crippen MR) is 69.4 cm³/mol. The summed E-state index contributed by atoms with van der Waals surface area (Å²) in [5.41, 5.74) is 0. The van der Waals surface area contributed by atoms with Gasteiger partial charge in [0.25, 0.3) is 0 Å². The van der Waals surface area contributed by atoms with E-state index < -0.39 is 6.29 Å². The largest absolute Gasteiger partial charge is 0.396 e. The Balaban J connectivity index is 2.94. The zero-order chi connectivity index (χ0) is 13.5. The van der Waals surface area contributed by atoms with Crippen molar-refractivity contribution in [2.75, 3.05) is 39.6 Å². The van der Waals surface area contributed by atoms with E-state index in [1.807, 2.05) is 6.92 Å². The predicted octanol–water partition coefficient (Wildman–Crippen LogP) is 1.32. The summed E-state index contributed by atoms with van der Waals surface area (Å²) in [4.78, 5) is 0. The lowest BCUT2D eigenvalue weighted by Gasteiger charge is -2.09. The van der Waals surface area contributed by atoms with Gasteiger partial charge in [0.1, 0.15) is 0 Å². The molecule has 18 heavy (non-hydrogen) atoms. The van der Waals surface area contributed by atoms with Gasteiger partial charge < -0.3 is 24.4 Å². The first kappa shape index (κ1) is 17.8. The highest BCUT2D eigenvalue weighted by molar-refractivity contribution is 4.41. The summed E-state index contributed by atoms with van der Waals surface area (Å²) in [5, 5.41) is 17.7. The lowest BCUT2D eigenvalue weighted by Crippen LogP contribution is -2.12. The highest BCUT2D eigenvalue weighted by Crippen LogP contribution is 1.95. The molecule has 0 saturated heterocycles. The molecular weight excluding hydrogens is 236 g/mol. The number of rotatable bonds is 14. The highest BCUT2D eigenvalue weighted by atomic mass is 16.6. The lowest BCUT2D eigenvalue weighted by molar-refractivity contribution is -0.104. The zero-order valence-corrected chi connectivity index (χ0v) is 11.5. The molecule has 0 radical (unpaired) electrons. The van der Waals surface area contributed by atoms with Gasteiger partial charge in [-0.1, -0.05) is 6.92 Å². The van der Waals surface area contributed by atoms with Crippen LogP contribution in [0.3, 0.4) is 0 Å². The third kappa shape index (κ3) is 13.9. The van der Waals surface area contributed by atoms with Crippen molar-refractivity contribution in [1.29, 1.82) is 0 Å². The van der Waals surface area contributed by atoms with Gasteiger partial charge in [0.2, 0.25) is 0 Å². The van der Waals surface area contributed by atoms with Crippen molar-refractivity contribution in [3.63, 3.8) is 0 Å². The third-order valence-electron chi connectivity index (χ3n) is 2.37. The van der Waals surface area contributed by atoms with Gasteiger partial charge in [-0.2, -0.15) is 0 Å². The molecule has 0 heterocycles. The minimum Gasteiger partial charge on any atom is -0.396 e. The summed E-state index contributed by atoms with van der Waals surface area (Å²) >= 11 is 0. The Labute approximate surface area is 110 Å². The first-order chi connectivity index (χ1) is 8.81.